The molecule has 0 unspecified atom stereocenters. The van der Waals surface area contributed by atoms with Crippen LogP contribution in [-0.4, -0.2) is 110 Å². The predicted octanol–water partition coefficient (Wildman–Crippen LogP) is 7.09. The molecule has 29 nitrogen and oxygen atoms in total. The summed E-state index contributed by atoms with van der Waals surface area (Å²) in [5.74, 6) is 3.53. The zero-order chi connectivity index (χ0) is 70.2. The second kappa shape index (κ2) is 21.7. The molecule has 20 aromatic heterocycles. The molecule has 5 aliphatic rings. The highest BCUT2D eigenvalue weighted by atomic mass is 32.1. The number of para-hydroxylation sites is 1. The zero-order valence-electron chi connectivity index (χ0n) is 57.1. The van der Waals surface area contributed by atoms with Gasteiger partial charge in [0, 0.05) is 83.3 Å². The Bertz CT molecular complexity index is 7090. The molecule has 0 amide bonds. The van der Waals surface area contributed by atoms with Crippen molar-refractivity contribution in [2.24, 2.45) is 14.0 Å². The highest BCUT2D eigenvalue weighted by molar-refractivity contribution is 7.20. The Kier molecular flexibility index (Phi) is 11.3. The number of thiazole rings is 1. The van der Waals surface area contributed by atoms with E-state index >= 15 is 0 Å². The molecule has 21 aromatic rings. The molecule has 5 aliphatic heterocycles. The van der Waals surface area contributed by atoms with Crippen LogP contribution >= 0.6 is 11.3 Å². The molecular formula is C73H51N28OS+5. The number of nitrogens with zero attached hydrogens (tertiary/aromatic N) is 28. The molecule has 1 aromatic carbocycles. The molecule has 0 saturated carbocycles. The fourth-order valence-electron chi connectivity index (χ4n) is 15.0. The number of rotatable bonds is 1. The van der Waals surface area contributed by atoms with Crippen LogP contribution in [0.5, 0.6) is 0 Å². The first-order chi connectivity index (χ1) is 52.1. The van der Waals surface area contributed by atoms with Gasteiger partial charge in [-0.3, -0.25) is 19.9 Å². The predicted molar refractivity (Wildman–Crippen MR) is 373 cm³/mol. The molecule has 0 fully saturated rings. The van der Waals surface area contributed by atoms with Crippen molar-refractivity contribution in [3.05, 3.63) is 243 Å². The largest absolute Gasteiger partial charge is 0.395 e. The maximum absolute atomic E-state index is 7.95. The normalized spacial score (nSPS) is 13.5. The van der Waals surface area contributed by atoms with E-state index in [-0.39, 0.29) is 0 Å². The lowest BCUT2D eigenvalue weighted by molar-refractivity contribution is -0.651. The molecular weight excluding hydrogens is 1320 g/mol. The highest BCUT2D eigenvalue weighted by Gasteiger charge is 2.41. The lowest BCUT2D eigenvalue weighted by atomic mass is 10.2. The van der Waals surface area contributed by atoms with Crippen molar-refractivity contribution in [3.63, 3.8) is 0 Å². The molecule has 490 valence electrons. The van der Waals surface area contributed by atoms with Crippen LogP contribution in [0.2, 0.25) is 0 Å². The lowest BCUT2D eigenvalue weighted by Gasteiger charge is -2.02. The number of fused-ring (bicyclic) bond motifs is 35. The minimum Gasteiger partial charge on any atom is -0.395 e. The molecule has 0 aliphatic carbocycles. The third-order valence-corrected chi connectivity index (χ3v) is 20.6. The number of hydrogen-bond acceptors (Lipinski definition) is 17. The Balaban J connectivity index is 0.0000000830. The smallest absolute Gasteiger partial charge is 0.390 e. The van der Waals surface area contributed by atoms with E-state index in [1.807, 2.05) is 129 Å². The van der Waals surface area contributed by atoms with Crippen LogP contribution < -0.4 is 22.8 Å². The minimum atomic E-state index is -2.34. The summed E-state index contributed by atoms with van der Waals surface area (Å²) >= 11 is 1.73. The first-order valence-corrected chi connectivity index (χ1v) is 33.8. The topological polar surface area (TPSA) is 263 Å². The Morgan fingerprint density at radius 1 is 0.398 bits per heavy atom. The van der Waals surface area contributed by atoms with Crippen LogP contribution in [0.3, 0.4) is 0 Å². The minimum absolute atomic E-state index is 0.421. The average molecular weight is 1370 g/mol. The monoisotopic (exact) mass is 1370 g/mol. The van der Waals surface area contributed by atoms with E-state index in [9.17, 15) is 0 Å². The van der Waals surface area contributed by atoms with Gasteiger partial charge in [-0.1, -0.05) is 59.9 Å². The van der Waals surface area contributed by atoms with Crippen LogP contribution in [0.4, 0.5) is 0 Å². The second-order valence-electron chi connectivity index (χ2n) is 25.1. The van der Waals surface area contributed by atoms with Crippen molar-refractivity contribution in [2.75, 3.05) is 0 Å². The average Bonchev–Trinajstić information content (AvgIpc) is 1.56. The summed E-state index contributed by atoms with van der Waals surface area (Å²) in [6.45, 7) is 1.48. The van der Waals surface area contributed by atoms with E-state index in [2.05, 4.69) is 137 Å². The Labute approximate surface area is 586 Å². The van der Waals surface area contributed by atoms with E-state index in [1.165, 1.54) is 31.8 Å². The van der Waals surface area contributed by atoms with Crippen molar-refractivity contribution in [2.45, 2.75) is 32.7 Å². The highest BCUT2D eigenvalue weighted by Crippen LogP contribution is 2.37. The second-order valence-corrected chi connectivity index (χ2v) is 26.1. The number of imidazole rings is 8. The van der Waals surface area contributed by atoms with Gasteiger partial charge in [0.05, 0.1) is 93.5 Å². The third-order valence-electron chi connectivity index (χ3n) is 19.5. The van der Waals surface area contributed by atoms with Crippen molar-refractivity contribution < 1.29 is 31.4 Å². The van der Waals surface area contributed by atoms with E-state index < -0.39 is 6.98 Å². The SMILES string of the molecule is Cn1c2[n+](c3c1nc1cnccn13)Cc1cccnc1-2.[2H]C([2H])([2H])n1c2[n+](c3c1nc1cnccn13)Cc1cccnc1-2.c1ccc(-n2c3[n+](c4c2nc2cnccn24)Cc2cccnc2-3)cc1.c1cnc2c(c1)C[n+]1c-2oc2c1nc1ccncn12.c1cnc2c(c1)C[n+]1c-2sc2c1nc1ccncn12. The van der Waals surface area contributed by atoms with E-state index in [0.29, 0.717) is 29.4 Å². The quantitative estimate of drug-likeness (QED) is 0.149. The molecule has 0 spiro atoms. The Morgan fingerprint density at radius 2 is 0.864 bits per heavy atom. The molecule has 0 saturated heterocycles. The van der Waals surface area contributed by atoms with Gasteiger partial charge in [0.25, 0.3) is 62.7 Å². The van der Waals surface area contributed by atoms with Crippen molar-refractivity contribution in [1.29, 1.82) is 0 Å². The summed E-state index contributed by atoms with van der Waals surface area (Å²) in [7, 11) is 2.04. The number of oxazole rings is 1. The summed E-state index contributed by atoms with van der Waals surface area (Å²) < 4.78 is 56.1. The fraction of sp³-hybridized carbons (Fsp3) is 0.0959. The Morgan fingerprint density at radius 3 is 1.47 bits per heavy atom. The summed E-state index contributed by atoms with van der Waals surface area (Å²) in [6, 6.07) is 34.3. The summed E-state index contributed by atoms with van der Waals surface area (Å²) in [5.41, 5.74) is 23.6. The van der Waals surface area contributed by atoms with Crippen LogP contribution in [-0.2, 0) is 46.7 Å². The summed E-state index contributed by atoms with van der Waals surface area (Å²) in [5, 5.41) is 1.19. The zero-order valence-corrected chi connectivity index (χ0v) is 54.9. The van der Waals surface area contributed by atoms with E-state index in [0.717, 1.165) is 150 Å². The number of benzene rings is 1. The van der Waals surface area contributed by atoms with Crippen LogP contribution in [0, 0.1) is 0 Å². The molecule has 103 heavy (non-hydrogen) atoms. The van der Waals surface area contributed by atoms with Gasteiger partial charge < -0.3 is 4.42 Å². The molecule has 25 heterocycles. The van der Waals surface area contributed by atoms with Crippen molar-refractivity contribution in [3.8, 4) is 62.5 Å². The first kappa shape index (κ1) is 53.8. The summed E-state index contributed by atoms with van der Waals surface area (Å²) in [6.07, 6.45) is 32.2. The number of aromatic nitrogens is 28. The van der Waals surface area contributed by atoms with Gasteiger partial charge >= 0.3 is 22.9 Å². The van der Waals surface area contributed by atoms with Crippen molar-refractivity contribution in [1.82, 2.24) is 110 Å². The van der Waals surface area contributed by atoms with Gasteiger partial charge in [0.1, 0.15) is 54.2 Å². The van der Waals surface area contributed by atoms with Gasteiger partial charge in [-0.15, -0.1) is 0 Å². The van der Waals surface area contributed by atoms with Gasteiger partial charge in [-0.05, 0) is 52.4 Å². The van der Waals surface area contributed by atoms with Crippen LogP contribution in [0.15, 0.2) is 219 Å². The summed E-state index contributed by atoms with van der Waals surface area (Å²) in [4.78, 5) is 67.5. The fourth-order valence-corrected chi connectivity index (χ4v) is 16.3. The number of pyridine rings is 5. The van der Waals surface area contributed by atoms with E-state index in [1.54, 1.807) is 85.8 Å². The lowest BCUT2D eigenvalue weighted by Crippen LogP contribution is -2.32. The molecule has 0 bridgehead atoms. The number of hydrogen-bond donors (Lipinski definition) is 0. The number of aryl methyl sites for hydroxylation is 2. The van der Waals surface area contributed by atoms with E-state index in [4.69, 9.17) is 18.5 Å². The van der Waals surface area contributed by atoms with Crippen molar-refractivity contribution >= 4 is 95.3 Å². The first-order valence-electron chi connectivity index (χ1n) is 34.4. The maximum Gasteiger partial charge on any atom is 0.390 e. The maximum atomic E-state index is 7.95. The molecule has 26 rings (SSSR count). The Hall–Kier alpha value is -14.2. The molecule has 0 N–H and O–H groups in total. The van der Waals surface area contributed by atoms with Gasteiger partial charge in [0.15, 0.2) is 5.69 Å². The van der Waals surface area contributed by atoms with Gasteiger partial charge in [-0.25, -0.2) is 83.9 Å². The molecule has 30 heteroatoms. The standard InChI is InChI=1S/C19H13N6.2C14H11N6.C13H8N5O.C13H8N5S/c1-2-6-14(7-3-1)25-17-19(23-10-9-20-11-15(23)22-17)24-12-13-5-4-8-21-16(13)18(24)25;2*1-18-12-14(19-6-5-15-7-10(19)17-12)20-8-9-3-2-4-16-11(9)13(18)20;2*1-2-8-6-17-11-13(19-12(17)10(8)15-4-1)18-7-14-5-3-9(18)16-11/h1-11H,12H2;2*2-7H,8H2,1H3;2*1-5,7H,6H2/q5*+1/i;1D3;;;. The van der Waals surface area contributed by atoms with Crippen LogP contribution in [0.1, 0.15) is 31.9 Å². The van der Waals surface area contributed by atoms with Gasteiger partial charge in [0.2, 0.25) is 26.8 Å². The van der Waals surface area contributed by atoms with Crippen LogP contribution in [0.25, 0.3) is 146 Å². The third kappa shape index (κ3) is 8.27. The molecule has 0 atom stereocenters. The molecule has 0 radical (unpaired) electrons. The van der Waals surface area contributed by atoms with Gasteiger partial charge in [-0.2, -0.15) is 19.5 Å².